The minimum absolute atomic E-state index is 0.223. The van der Waals surface area contributed by atoms with Gasteiger partial charge in [-0.3, -0.25) is 4.99 Å². The molecule has 1 heterocycles. The number of nitrogens with one attached hydrogen (secondary N) is 1. The lowest BCUT2D eigenvalue weighted by atomic mass is 9.79. The van der Waals surface area contributed by atoms with Gasteiger partial charge in [-0.25, -0.2) is 0 Å². The Morgan fingerprint density at radius 3 is 2.86 bits per heavy atom. The lowest BCUT2D eigenvalue weighted by Crippen LogP contribution is -2.32. The molecule has 0 bridgehead atoms. The molecule has 0 atom stereocenters. The molecule has 2 aliphatic rings. The summed E-state index contributed by atoms with van der Waals surface area (Å²) in [6.07, 6.45) is 6.20. The van der Waals surface area contributed by atoms with E-state index in [-0.39, 0.29) is 5.54 Å². The maximum atomic E-state index is 5.06. The fourth-order valence-corrected chi connectivity index (χ4v) is 4.80. The summed E-state index contributed by atoms with van der Waals surface area (Å²) in [7, 11) is 0. The van der Waals surface area contributed by atoms with Crippen molar-refractivity contribution in [3.8, 4) is 0 Å². The highest BCUT2D eigenvalue weighted by Crippen LogP contribution is 2.41. The number of aliphatic imine (C=N–C) groups is 1. The average molecular weight is 367 g/mol. The normalized spacial score (nSPS) is 28.7. The van der Waals surface area contributed by atoms with Crippen molar-refractivity contribution in [1.82, 2.24) is 0 Å². The van der Waals surface area contributed by atoms with Gasteiger partial charge in [-0.15, -0.1) is 0 Å². The van der Waals surface area contributed by atoms with Crippen LogP contribution in [0.5, 0.6) is 0 Å². The Kier molecular flexibility index (Phi) is 4.65. The molecular weight excluding hydrogens is 344 g/mol. The number of hydrogen-bond donors (Lipinski definition) is 1. The molecule has 1 saturated carbocycles. The van der Waals surface area contributed by atoms with Crippen LogP contribution in [0.15, 0.2) is 27.7 Å². The van der Waals surface area contributed by atoms with Crippen LogP contribution in [0.25, 0.3) is 0 Å². The second kappa shape index (κ2) is 6.33. The first kappa shape index (κ1) is 15.4. The number of benzene rings is 1. The van der Waals surface area contributed by atoms with Crippen LogP contribution in [0.3, 0.4) is 0 Å². The van der Waals surface area contributed by atoms with Crippen LogP contribution in [0.2, 0.25) is 0 Å². The van der Waals surface area contributed by atoms with Crippen molar-refractivity contribution in [3.05, 3.63) is 28.2 Å². The molecule has 1 aromatic carbocycles. The van der Waals surface area contributed by atoms with Gasteiger partial charge in [0.1, 0.15) is 0 Å². The monoisotopic (exact) mass is 366 g/mol. The summed E-state index contributed by atoms with van der Waals surface area (Å²) in [5.74, 6) is 2.03. The highest BCUT2D eigenvalue weighted by molar-refractivity contribution is 9.10. The summed E-state index contributed by atoms with van der Waals surface area (Å²) in [6.45, 7) is 4.56. The van der Waals surface area contributed by atoms with E-state index in [1.807, 2.05) is 11.8 Å². The standard InChI is InChI=1S/C17H23BrN2S/c1-3-13-10-14(18)4-5-15(13)19-16-20-17(11-21-16)8-6-12(2)7-9-17/h4-5,10,12H,3,6-9,11H2,1-2H3,(H,19,20). The Bertz CT molecular complexity index is 548. The minimum atomic E-state index is 0.223. The fourth-order valence-electron chi connectivity index (χ4n) is 3.19. The van der Waals surface area contributed by atoms with Gasteiger partial charge in [-0.1, -0.05) is 41.5 Å². The van der Waals surface area contributed by atoms with Crippen LogP contribution < -0.4 is 5.32 Å². The zero-order valence-electron chi connectivity index (χ0n) is 12.8. The van der Waals surface area contributed by atoms with Gasteiger partial charge in [0.05, 0.1) is 5.54 Å². The Labute approximate surface area is 140 Å². The quantitative estimate of drug-likeness (QED) is 0.749. The van der Waals surface area contributed by atoms with Crippen molar-refractivity contribution in [3.63, 3.8) is 0 Å². The third-order valence-electron chi connectivity index (χ3n) is 4.71. The molecule has 2 nitrogen and oxygen atoms in total. The molecule has 0 unspecified atom stereocenters. The number of hydrogen-bond acceptors (Lipinski definition) is 3. The molecule has 0 aromatic heterocycles. The van der Waals surface area contributed by atoms with E-state index in [0.717, 1.165) is 27.7 Å². The van der Waals surface area contributed by atoms with Gasteiger partial charge in [0.25, 0.3) is 0 Å². The SMILES string of the molecule is CCc1cc(Br)ccc1NC1=NC2(CCC(C)CC2)CS1. The van der Waals surface area contributed by atoms with Crippen LogP contribution in [-0.4, -0.2) is 16.5 Å². The van der Waals surface area contributed by atoms with Gasteiger partial charge < -0.3 is 5.32 Å². The fraction of sp³-hybridized carbons (Fsp3) is 0.588. The topological polar surface area (TPSA) is 24.4 Å². The van der Waals surface area contributed by atoms with Crippen molar-refractivity contribution in [1.29, 1.82) is 0 Å². The number of halogens is 1. The number of anilines is 1. The van der Waals surface area contributed by atoms with Crippen molar-refractivity contribution in [2.45, 2.75) is 51.5 Å². The number of nitrogens with zero attached hydrogens (tertiary/aromatic N) is 1. The highest BCUT2D eigenvalue weighted by Gasteiger charge is 2.38. The van der Waals surface area contributed by atoms with E-state index in [0.29, 0.717) is 0 Å². The molecule has 1 aromatic rings. The number of amidine groups is 1. The summed E-state index contributed by atoms with van der Waals surface area (Å²) in [5, 5.41) is 4.68. The summed E-state index contributed by atoms with van der Waals surface area (Å²) in [5.41, 5.74) is 2.76. The van der Waals surface area contributed by atoms with Crippen LogP contribution in [0.1, 0.15) is 45.1 Å². The van der Waals surface area contributed by atoms with Crippen LogP contribution in [0.4, 0.5) is 5.69 Å². The largest absolute Gasteiger partial charge is 0.335 e. The van der Waals surface area contributed by atoms with E-state index in [9.17, 15) is 0 Å². The Balaban J connectivity index is 1.74. The maximum absolute atomic E-state index is 5.06. The lowest BCUT2D eigenvalue weighted by Gasteiger charge is -2.32. The molecule has 1 N–H and O–H groups in total. The van der Waals surface area contributed by atoms with E-state index in [4.69, 9.17) is 4.99 Å². The number of thioether (sulfide) groups is 1. The van der Waals surface area contributed by atoms with E-state index in [2.05, 4.69) is 53.3 Å². The highest BCUT2D eigenvalue weighted by atomic mass is 79.9. The van der Waals surface area contributed by atoms with Gasteiger partial charge in [0.2, 0.25) is 0 Å². The lowest BCUT2D eigenvalue weighted by molar-refractivity contribution is 0.273. The zero-order chi connectivity index (χ0) is 14.9. The average Bonchev–Trinajstić information content (AvgIpc) is 2.87. The molecule has 0 amide bonds. The van der Waals surface area contributed by atoms with Gasteiger partial charge in [-0.05, 0) is 61.8 Å². The van der Waals surface area contributed by atoms with Crippen molar-refractivity contribution in [2.75, 3.05) is 11.1 Å². The van der Waals surface area contributed by atoms with Gasteiger partial charge in [0.15, 0.2) is 5.17 Å². The molecule has 1 aliphatic carbocycles. The van der Waals surface area contributed by atoms with Crippen LogP contribution >= 0.6 is 27.7 Å². The van der Waals surface area contributed by atoms with Gasteiger partial charge in [0, 0.05) is 15.9 Å². The predicted octanol–water partition coefficient (Wildman–Crippen LogP) is 5.48. The zero-order valence-corrected chi connectivity index (χ0v) is 15.2. The molecule has 0 radical (unpaired) electrons. The molecule has 3 rings (SSSR count). The van der Waals surface area contributed by atoms with Crippen molar-refractivity contribution >= 4 is 38.5 Å². The first-order valence-corrected chi connectivity index (χ1v) is 9.66. The Morgan fingerprint density at radius 2 is 2.14 bits per heavy atom. The molecule has 1 aliphatic heterocycles. The third kappa shape index (κ3) is 3.48. The molecule has 21 heavy (non-hydrogen) atoms. The third-order valence-corrected chi connectivity index (χ3v) is 6.35. The summed E-state index contributed by atoms with van der Waals surface area (Å²) >= 11 is 5.44. The molecule has 4 heteroatoms. The first-order chi connectivity index (χ1) is 10.1. The maximum Gasteiger partial charge on any atom is 0.161 e. The summed E-state index contributed by atoms with van der Waals surface area (Å²) in [4.78, 5) is 5.06. The van der Waals surface area contributed by atoms with E-state index in [1.54, 1.807) is 0 Å². The Morgan fingerprint density at radius 1 is 1.38 bits per heavy atom. The smallest absolute Gasteiger partial charge is 0.161 e. The molecule has 0 saturated heterocycles. The number of rotatable bonds is 2. The second-order valence-corrected chi connectivity index (χ2v) is 8.27. The molecular formula is C17H23BrN2S. The number of aryl methyl sites for hydroxylation is 1. The van der Waals surface area contributed by atoms with E-state index in [1.165, 1.54) is 36.9 Å². The second-order valence-electron chi connectivity index (χ2n) is 6.39. The molecule has 114 valence electrons. The van der Waals surface area contributed by atoms with Crippen LogP contribution in [0, 0.1) is 5.92 Å². The first-order valence-electron chi connectivity index (χ1n) is 7.88. The van der Waals surface area contributed by atoms with Crippen LogP contribution in [-0.2, 0) is 6.42 Å². The van der Waals surface area contributed by atoms with E-state index >= 15 is 0 Å². The van der Waals surface area contributed by atoms with E-state index < -0.39 is 0 Å². The van der Waals surface area contributed by atoms with Crippen molar-refractivity contribution < 1.29 is 0 Å². The Hall–Kier alpha value is -0.480. The molecule has 1 fully saturated rings. The summed E-state index contributed by atoms with van der Waals surface area (Å²) in [6, 6.07) is 6.44. The van der Waals surface area contributed by atoms with Crippen molar-refractivity contribution in [2.24, 2.45) is 10.9 Å². The predicted molar refractivity (Wildman–Crippen MR) is 97.4 cm³/mol. The molecule has 1 spiro atoms. The minimum Gasteiger partial charge on any atom is -0.335 e. The summed E-state index contributed by atoms with van der Waals surface area (Å²) < 4.78 is 1.14. The van der Waals surface area contributed by atoms with Gasteiger partial charge in [-0.2, -0.15) is 0 Å². The van der Waals surface area contributed by atoms with Gasteiger partial charge >= 0.3 is 0 Å².